The highest BCUT2D eigenvalue weighted by Gasteiger charge is 2.31. The molecule has 2 aliphatic rings. The molecule has 1 fully saturated rings. The first-order valence-electron chi connectivity index (χ1n) is 15.0. The van der Waals surface area contributed by atoms with Crippen molar-refractivity contribution in [3.63, 3.8) is 0 Å². The Bertz CT molecular complexity index is 1420. The lowest BCUT2D eigenvalue weighted by Gasteiger charge is -2.38. The molecular weight excluding hydrogens is 564 g/mol. The highest BCUT2D eigenvalue weighted by Crippen LogP contribution is 2.29. The molecule has 0 aliphatic carbocycles. The van der Waals surface area contributed by atoms with Gasteiger partial charge in [-0.3, -0.25) is 9.69 Å². The molecule has 1 saturated heterocycles. The zero-order valence-corrected chi connectivity index (χ0v) is 25.2. The number of hydrogen-bond donors (Lipinski definition) is 3. The Hall–Kier alpha value is -4.26. The van der Waals surface area contributed by atoms with Crippen LogP contribution in [0.2, 0.25) is 0 Å². The van der Waals surface area contributed by atoms with Gasteiger partial charge >= 0.3 is 6.03 Å². The van der Waals surface area contributed by atoms with E-state index in [2.05, 4.69) is 30.8 Å². The monoisotopic (exact) mass is 604 g/mol. The number of nitrogens with one attached hydrogen (secondary N) is 3. The number of carbonyl (C=O) groups excluding carboxylic acids is 2. The minimum atomic E-state index is -0.306. The maximum Gasteiger partial charge on any atom is 0.315 e. The van der Waals surface area contributed by atoms with Crippen molar-refractivity contribution in [1.29, 1.82) is 0 Å². The van der Waals surface area contributed by atoms with Crippen LogP contribution in [0.1, 0.15) is 40.8 Å². The number of urea groups is 1. The van der Waals surface area contributed by atoms with E-state index in [4.69, 9.17) is 18.9 Å². The minimum Gasteiger partial charge on any atom is -0.491 e. The van der Waals surface area contributed by atoms with E-state index in [0.717, 1.165) is 30.0 Å². The lowest BCUT2D eigenvalue weighted by Crippen LogP contribution is -2.56. The van der Waals surface area contributed by atoms with Gasteiger partial charge in [-0.2, -0.15) is 0 Å². The number of aryl methyl sites for hydroxylation is 1. The molecule has 3 amide bonds. The summed E-state index contributed by atoms with van der Waals surface area (Å²) in [4.78, 5) is 37.1. The van der Waals surface area contributed by atoms with Gasteiger partial charge in [-0.05, 0) is 42.3 Å². The number of piperidine rings is 1. The number of fused-ring (bicyclic) bond motifs is 5. The lowest BCUT2D eigenvalue weighted by atomic mass is 10.0. The quantitative estimate of drug-likeness (QED) is 0.348. The van der Waals surface area contributed by atoms with Crippen molar-refractivity contribution in [1.82, 2.24) is 30.8 Å². The number of likely N-dealkylation sites (tertiary alicyclic amines) is 1. The molecule has 234 valence electrons. The van der Waals surface area contributed by atoms with E-state index < -0.39 is 0 Å². The van der Waals surface area contributed by atoms with Gasteiger partial charge in [0.1, 0.15) is 29.7 Å². The van der Waals surface area contributed by atoms with Crippen molar-refractivity contribution >= 4 is 11.9 Å². The predicted octanol–water partition coefficient (Wildman–Crippen LogP) is 3.06. The maximum absolute atomic E-state index is 13.0. The van der Waals surface area contributed by atoms with Crippen LogP contribution in [0.3, 0.4) is 0 Å². The van der Waals surface area contributed by atoms with Gasteiger partial charge in [0.15, 0.2) is 0 Å². The number of carbonyl (C=O) groups is 2. The minimum absolute atomic E-state index is 0.188. The van der Waals surface area contributed by atoms with Gasteiger partial charge in [-0.15, -0.1) is 0 Å². The predicted molar refractivity (Wildman–Crippen MR) is 163 cm³/mol. The molecule has 0 saturated carbocycles. The second kappa shape index (κ2) is 15.5. The largest absolute Gasteiger partial charge is 0.491 e. The summed E-state index contributed by atoms with van der Waals surface area (Å²) in [7, 11) is 1.60. The van der Waals surface area contributed by atoms with Crippen LogP contribution in [0, 0.1) is 0 Å². The van der Waals surface area contributed by atoms with Gasteiger partial charge in [0.25, 0.3) is 5.91 Å². The van der Waals surface area contributed by atoms with Crippen molar-refractivity contribution in [2.45, 2.75) is 45.1 Å². The smallest absolute Gasteiger partial charge is 0.315 e. The van der Waals surface area contributed by atoms with Crippen molar-refractivity contribution in [3.05, 3.63) is 77.4 Å². The number of nitrogens with zero attached hydrogens (tertiary/aromatic N) is 3. The van der Waals surface area contributed by atoms with Crippen molar-refractivity contribution in [2.75, 3.05) is 46.5 Å². The van der Waals surface area contributed by atoms with Crippen LogP contribution in [-0.2, 0) is 29.0 Å². The van der Waals surface area contributed by atoms with Crippen LogP contribution in [0.5, 0.6) is 17.2 Å². The van der Waals surface area contributed by atoms with Gasteiger partial charge in [0.2, 0.25) is 0 Å². The normalized spacial score (nSPS) is 19.7. The zero-order chi connectivity index (χ0) is 30.7. The molecule has 2 aliphatic heterocycles. The summed E-state index contributed by atoms with van der Waals surface area (Å²) in [5, 5.41) is 8.79. The molecule has 4 bridgehead atoms. The summed E-state index contributed by atoms with van der Waals surface area (Å²) in [6.07, 6.45) is 3.04. The second-order valence-electron chi connectivity index (χ2n) is 10.7. The summed E-state index contributed by atoms with van der Waals surface area (Å²) < 4.78 is 23.5. The highest BCUT2D eigenvalue weighted by atomic mass is 16.5. The topological polar surface area (TPSA) is 136 Å². The Kier molecular flexibility index (Phi) is 11.0. The molecule has 3 aromatic rings. The second-order valence-corrected chi connectivity index (χ2v) is 10.7. The van der Waals surface area contributed by atoms with Crippen molar-refractivity contribution < 1.29 is 28.5 Å². The molecule has 1 aromatic heterocycles. The summed E-state index contributed by atoms with van der Waals surface area (Å²) in [6.45, 7) is 5.69. The van der Waals surface area contributed by atoms with Gasteiger partial charge in [-0.1, -0.05) is 19.1 Å². The molecule has 0 radical (unpaired) electrons. The van der Waals surface area contributed by atoms with Crippen LogP contribution in [0.15, 0.2) is 54.7 Å². The zero-order valence-electron chi connectivity index (χ0n) is 25.2. The van der Waals surface area contributed by atoms with Crippen LogP contribution in [-0.4, -0.2) is 85.5 Å². The van der Waals surface area contributed by atoms with E-state index in [9.17, 15) is 9.59 Å². The Morgan fingerprint density at radius 1 is 1.05 bits per heavy atom. The molecule has 44 heavy (non-hydrogen) atoms. The van der Waals surface area contributed by atoms with Gasteiger partial charge < -0.3 is 34.9 Å². The van der Waals surface area contributed by atoms with Crippen molar-refractivity contribution in [3.8, 4) is 17.2 Å². The number of ether oxygens (including phenoxy) is 4. The number of rotatable bonds is 7. The Balaban J connectivity index is 1.34. The van der Waals surface area contributed by atoms with E-state index in [1.807, 2.05) is 37.3 Å². The lowest BCUT2D eigenvalue weighted by molar-refractivity contribution is -0.0306. The molecule has 12 heteroatoms. The molecule has 12 nitrogen and oxygen atoms in total. The van der Waals surface area contributed by atoms with Crippen LogP contribution in [0.4, 0.5) is 4.79 Å². The number of benzene rings is 2. The maximum atomic E-state index is 13.0. The van der Waals surface area contributed by atoms with Crippen molar-refractivity contribution in [2.24, 2.45) is 0 Å². The first-order chi connectivity index (χ1) is 21.5. The van der Waals surface area contributed by atoms with Crippen LogP contribution >= 0.6 is 0 Å². The summed E-state index contributed by atoms with van der Waals surface area (Å²) in [6, 6.07) is 14.1. The van der Waals surface area contributed by atoms with E-state index >= 15 is 0 Å². The first-order valence-corrected chi connectivity index (χ1v) is 15.0. The van der Waals surface area contributed by atoms with Gasteiger partial charge in [-0.25, -0.2) is 14.8 Å². The number of amides is 3. The number of aromatic nitrogens is 2. The average Bonchev–Trinajstić information content (AvgIpc) is 3.03. The number of hydrogen-bond acceptors (Lipinski definition) is 9. The van der Waals surface area contributed by atoms with Crippen LogP contribution in [0.25, 0.3) is 0 Å². The standard InChI is InChI=1S/C32H40N6O6/c1-3-30-33-9-7-24(36-30)19-38-12-8-28-29(20-38)43-21-22-5-4-6-25(15-22)44-27-17-23(16-26(18-27)42-14-13-41-2)31(39)34-10-11-35-32(40)37-28/h4-7,9,15-18,28-29H,3,8,10-14,19-21H2,1-2H3,(H,34,39)(H2,35,37,40)/t28-,29-/m0/s1. The SMILES string of the molecule is CCc1nccc(CN2CC[C@@H]3NC(=O)NCCNC(=O)c4cc(OCCOC)cc(c4)Oc4cccc(c4)CO[C@H]3C2)n1. The van der Waals surface area contributed by atoms with E-state index in [0.29, 0.717) is 62.1 Å². The molecule has 2 aromatic carbocycles. The summed E-state index contributed by atoms with van der Waals surface area (Å²) >= 11 is 0. The fourth-order valence-corrected chi connectivity index (χ4v) is 5.19. The highest BCUT2D eigenvalue weighted by molar-refractivity contribution is 5.95. The Labute approximate surface area is 257 Å². The summed E-state index contributed by atoms with van der Waals surface area (Å²) in [5.74, 6) is 2.06. The summed E-state index contributed by atoms with van der Waals surface area (Å²) in [5.41, 5.74) is 2.25. The third kappa shape index (κ3) is 8.88. The third-order valence-electron chi connectivity index (χ3n) is 7.42. The Morgan fingerprint density at radius 2 is 1.93 bits per heavy atom. The Morgan fingerprint density at radius 3 is 2.80 bits per heavy atom. The fourth-order valence-electron chi connectivity index (χ4n) is 5.19. The average molecular weight is 605 g/mol. The molecule has 2 atom stereocenters. The first kappa shape index (κ1) is 31.2. The molecule has 0 unspecified atom stereocenters. The fraction of sp³-hybridized carbons (Fsp3) is 0.438. The molecule has 3 heterocycles. The van der Waals surface area contributed by atoms with E-state index in [1.54, 1.807) is 31.5 Å². The molecular formula is C32H40N6O6. The van der Waals surface area contributed by atoms with Crippen LogP contribution < -0.4 is 25.4 Å². The third-order valence-corrected chi connectivity index (χ3v) is 7.42. The molecule has 5 rings (SSSR count). The number of methoxy groups -OCH3 is 1. The van der Waals surface area contributed by atoms with Gasteiger partial charge in [0.05, 0.1) is 31.1 Å². The van der Waals surface area contributed by atoms with Gasteiger partial charge in [0, 0.05) is 64.1 Å². The van der Waals surface area contributed by atoms with E-state index in [1.165, 1.54) is 0 Å². The van der Waals surface area contributed by atoms with E-state index in [-0.39, 0.29) is 37.2 Å². The molecule has 0 spiro atoms. The molecule has 3 N–H and O–H groups in total.